The van der Waals surface area contributed by atoms with Crippen LogP contribution >= 0.6 is 0 Å². The van der Waals surface area contributed by atoms with Gasteiger partial charge in [0.15, 0.2) is 0 Å². The van der Waals surface area contributed by atoms with Crippen LogP contribution in [0.4, 0.5) is 11.5 Å². The van der Waals surface area contributed by atoms with Crippen LogP contribution in [0.3, 0.4) is 0 Å². The van der Waals surface area contributed by atoms with E-state index in [0.717, 1.165) is 19.3 Å². The number of benzene rings is 1. The van der Waals surface area contributed by atoms with E-state index in [2.05, 4.69) is 28.5 Å². The number of nitrogens with one attached hydrogen (secondary N) is 1. The second-order valence-electron chi connectivity index (χ2n) is 5.17. The third-order valence-corrected chi connectivity index (χ3v) is 3.77. The van der Waals surface area contributed by atoms with Crippen molar-refractivity contribution >= 4 is 17.4 Å². The number of nitrogens with zero attached hydrogens (tertiary/aromatic N) is 1. The SMILES string of the molecule is Nc1ccc(NC(=O)C2CCc3ccccc3C2)cn1. The van der Waals surface area contributed by atoms with Gasteiger partial charge in [0.2, 0.25) is 5.91 Å². The largest absolute Gasteiger partial charge is 0.384 e. The maximum absolute atomic E-state index is 12.3. The smallest absolute Gasteiger partial charge is 0.227 e. The van der Waals surface area contributed by atoms with Crippen LogP contribution in [0.2, 0.25) is 0 Å². The van der Waals surface area contributed by atoms with Gasteiger partial charge in [0.1, 0.15) is 5.82 Å². The van der Waals surface area contributed by atoms with E-state index in [1.165, 1.54) is 11.1 Å². The lowest BCUT2D eigenvalue weighted by atomic mass is 9.83. The molecule has 3 rings (SSSR count). The molecule has 0 aliphatic heterocycles. The number of amides is 1. The van der Waals surface area contributed by atoms with Gasteiger partial charge in [-0.2, -0.15) is 0 Å². The highest BCUT2D eigenvalue weighted by molar-refractivity contribution is 5.92. The maximum atomic E-state index is 12.3. The minimum Gasteiger partial charge on any atom is -0.384 e. The molecule has 2 aromatic rings. The van der Waals surface area contributed by atoms with Crippen LogP contribution in [0.5, 0.6) is 0 Å². The number of hydrogen-bond donors (Lipinski definition) is 2. The lowest BCUT2D eigenvalue weighted by Gasteiger charge is -2.23. The zero-order valence-electron chi connectivity index (χ0n) is 11.2. The van der Waals surface area contributed by atoms with Crippen molar-refractivity contribution in [3.05, 3.63) is 53.7 Å². The lowest BCUT2D eigenvalue weighted by molar-refractivity contribution is -0.120. The van der Waals surface area contributed by atoms with E-state index >= 15 is 0 Å². The van der Waals surface area contributed by atoms with Crippen molar-refractivity contribution in [3.63, 3.8) is 0 Å². The van der Waals surface area contributed by atoms with E-state index < -0.39 is 0 Å². The van der Waals surface area contributed by atoms with Gasteiger partial charge in [-0.15, -0.1) is 0 Å². The number of pyridine rings is 1. The number of anilines is 2. The fraction of sp³-hybridized carbons (Fsp3) is 0.250. The molecule has 0 saturated heterocycles. The van der Waals surface area contributed by atoms with Crippen LogP contribution in [0.25, 0.3) is 0 Å². The van der Waals surface area contributed by atoms with Crippen molar-refractivity contribution in [1.82, 2.24) is 4.98 Å². The summed E-state index contributed by atoms with van der Waals surface area (Å²) >= 11 is 0. The second-order valence-corrected chi connectivity index (χ2v) is 5.17. The van der Waals surface area contributed by atoms with Crippen LogP contribution in [0, 0.1) is 5.92 Å². The van der Waals surface area contributed by atoms with Crippen molar-refractivity contribution < 1.29 is 4.79 Å². The van der Waals surface area contributed by atoms with Crippen molar-refractivity contribution in [2.75, 3.05) is 11.1 Å². The first-order valence-electron chi connectivity index (χ1n) is 6.81. The third-order valence-electron chi connectivity index (χ3n) is 3.77. The molecule has 0 spiro atoms. The Kier molecular flexibility index (Phi) is 3.37. The first-order valence-corrected chi connectivity index (χ1v) is 6.81. The number of fused-ring (bicyclic) bond motifs is 1. The Morgan fingerprint density at radius 3 is 2.75 bits per heavy atom. The number of hydrogen-bond acceptors (Lipinski definition) is 3. The average molecular weight is 267 g/mol. The number of aromatic nitrogens is 1. The first-order chi connectivity index (χ1) is 9.72. The molecular formula is C16H17N3O. The van der Waals surface area contributed by atoms with E-state index in [1.54, 1.807) is 18.3 Å². The average Bonchev–Trinajstić information content (AvgIpc) is 2.49. The molecular weight excluding hydrogens is 250 g/mol. The Labute approximate surface area is 118 Å². The summed E-state index contributed by atoms with van der Waals surface area (Å²) in [4.78, 5) is 16.3. The van der Waals surface area contributed by atoms with Crippen molar-refractivity contribution in [2.24, 2.45) is 5.92 Å². The van der Waals surface area contributed by atoms with Gasteiger partial charge in [-0.25, -0.2) is 4.98 Å². The van der Waals surface area contributed by atoms with Crippen molar-refractivity contribution in [2.45, 2.75) is 19.3 Å². The Balaban J connectivity index is 1.68. The maximum Gasteiger partial charge on any atom is 0.227 e. The molecule has 0 radical (unpaired) electrons. The van der Waals surface area contributed by atoms with E-state index in [9.17, 15) is 4.79 Å². The molecule has 1 aliphatic rings. The van der Waals surface area contributed by atoms with E-state index in [4.69, 9.17) is 5.73 Å². The fourth-order valence-electron chi connectivity index (χ4n) is 2.65. The van der Waals surface area contributed by atoms with Crippen LogP contribution < -0.4 is 11.1 Å². The molecule has 0 bridgehead atoms. The van der Waals surface area contributed by atoms with Gasteiger partial charge >= 0.3 is 0 Å². The van der Waals surface area contributed by atoms with Gasteiger partial charge in [-0.05, 0) is 42.5 Å². The molecule has 1 heterocycles. The normalized spacial score (nSPS) is 17.3. The van der Waals surface area contributed by atoms with Crippen molar-refractivity contribution in [1.29, 1.82) is 0 Å². The molecule has 4 nitrogen and oxygen atoms in total. The Morgan fingerprint density at radius 1 is 1.20 bits per heavy atom. The minimum atomic E-state index is 0.0300. The number of carbonyl (C=O) groups excluding carboxylic acids is 1. The third kappa shape index (κ3) is 2.64. The molecule has 1 amide bonds. The zero-order valence-corrected chi connectivity index (χ0v) is 11.2. The summed E-state index contributed by atoms with van der Waals surface area (Å²) in [6.45, 7) is 0. The van der Waals surface area contributed by atoms with Gasteiger partial charge in [-0.1, -0.05) is 24.3 Å². The summed E-state index contributed by atoms with van der Waals surface area (Å²) in [6, 6.07) is 11.8. The summed E-state index contributed by atoms with van der Waals surface area (Å²) in [5, 5.41) is 2.91. The number of nitrogen functional groups attached to an aromatic ring is 1. The standard InChI is InChI=1S/C16H17N3O/c17-15-8-7-14(10-18-15)19-16(20)13-6-5-11-3-1-2-4-12(11)9-13/h1-4,7-8,10,13H,5-6,9H2,(H2,17,18)(H,19,20). The number of carbonyl (C=O) groups is 1. The highest BCUT2D eigenvalue weighted by Gasteiger charge is 2.24. The summed E-state index contributed by atoms with van der Waals surface area (Å²) in [5.41, 5.74) is 8.88. The van der Waals surface area contributed by atoms with Gasteiger partial charge in [0, 0.05) is 5.92 Å². The number of rotatable bonds is 2. The lowest BCUT2D eigenvalue weighted by Crippen LogP contribution is -2.28. The fourth-order valence-corrected chi connectivity index (χ4v) is 2.65. The quantitative estimate of drug-likeness (QED) is 0.878. The molecule has 3 N–H and O–H groups in total. The summed E-state index contributed by atoms with van der Waals surface area (Å²) in [7, 11) is 0. The van der Waals surface area contributed by atoms with E-state index in [-0.39, 0.29) is 11.8 Å². The molecule has 1 aromatic heterocycles. The Morgan fingerprint density at radius 2 is 2.00 bits per heavy atom. The molecule has 20 heavy (non-hydrogen) atoms. The van der Waals surface area contributed by atoms with Gasteiger partial charge in [-0.3, -0.25) is 4.79 Å². The summed E-state index contributed by atoms with van der Waals surface area (Å²) in [5.74, 6) is 0.545. The van der Waals surface area contributed by atoms with E-state index in [1.807, 2.05) is 6.07 Å². The topological polar surface area (TPSA) is 68.0 Å². The second kappa shape index (κ2) is 5.33. The van der Waals surface area contributed by atoms with Gasteiger partial charge in [0.25, 0.3) is 0 Å². The Hall–Kier alpha value is -2.36. The molecule has 1 aliphatic carbocycles. The molecule has 102 valence electrons. The minimum absolute atomic E-state index is 0.0300. The molecule has 0 fully saturated rings. The van der Waals surface area contributed by atoms with Crippen LogP contribution in [-0.4, -0.2) is 10.9 Å². The highest BCUT2D eigenvalue weighted by Crippen LogP contribution is 2.26. The van der Waals surface area contributed by atoms with Crippen LogP contribution in [0.15, 0.2) is 42.6 Å². The summed E-state index contributed by atoms with van der Waals surface area (Å²) in [6.07, 6.45) is 4.26. The Bertz CT molecular complexity index is 622. The van der Waals surface area contributed by atoms with E-state index in [0.29, 0.717) is 11.5 Å². The van der Waals surface area contributed by atoms with Gasteiger partial charge < -0.3 is 11.1 Å². The first kappa shape index (κ1) is 12.7. The highest BCUT2D eigenvalue weighted by atomic mass is 16.1. The molecule has 1 atom stereocenters. The van der Waals surface area contributed by atoms with Gasteiger partial charge in [0.05, 0.1) is 11.9 Å². The zero-order chi connectivity index (χ0) is 13.9. The molecule has 1 aromatic carbocycles. The predicted molar refractivity (Wildman–Crippen MR) is 79.2 cm³/mol. The monoisotopic (exact) mass is 267 g/mol. The molecule has 0 saturated carbocycles. The number of aryl methyl sites for hydroxylation is 1. The van der Waals surface area contributed by atoms with Crippen LogP contribution in [-0.2, 0) is 17.6 Å². The predicted octanol–water partition coefficient (Wildman–Crippen LogP) is 2.41. The molecule has 4 heteroatoms. The number of nitrogens with two attached hydrogens (primary N) is 1. The molecule has 1 unspecified atom stereocenters. The van der Waals surface area contributed by atoms with Crippen molar-refractivity contribution in [3.8, 4) is 0 Å². The summed E-state index contributed by atoms with van der Waals surface area (Å²) < 4.78 is 0. The van der Waals surface area contributed by atoms with Crippen LogP contribution in [0.1, 0.15) is 17.5 Å².